The summed E-state index contributed by atoms with van der Waals surface area (Å²) in [5, 5.41) is 2.87. The van der Waals surface area contributed by atoms with Gasteiger partial charge in [0.25, 0.3) is 11.8 Å². The molecule has 2 atom stereocenters. The SMILES string of the molecule is Cc1nccc(C(=O)Nc2cc(C(=O)N3C[C@@H](C)C[C@H](C)C3)ccc2C)n1. The highest BCUT2D eigenvalue weighted by molar-refractivity contribution is 6.04. The molecule has 6 heteroatoms. The Kier molecular flexibility index (Phi) is 5.54. The molecule has 142 valence electrons. The molecule has 1 aromatic heterocycles. The maximum Gasteiger partial charge on any atom is 0.274 e. The number of anilines is 1. The van der Waals surface area contributed by atoms with Crippen LogP contribution < -0.4 is 5.32 Å². The van der Waals surface area contributed by atoms with Crippen molar-refractivity contribution in [2.75, 3.05) is 18.4 Å². The minimum Gasteiger partial charge on any atom is -0.338 e. The summed E-state index contributed by atoms with van der Waals surface area (Å²) in [5.41, 5.74) is 2.42. The summed E-state index contributed by atoms with van der Waals surface area (Å²) in [6.45, 7) is 9.56. The van der Waals surface area contributed by atoms with Gasteiger partial charge in [-0.15, -0.1) is 0 Å². The lowest BCUT2D eigenvalue weighted by atomic mass is 9.91. The van der Waals surface area contributed by atoms with Gasteiger partial charge in [-0.1, -0.05) is 19.9 Å². The molecular formula is C21H26N4O2. The van der Waals surface area contributed by atoms with E-state index in [0.717, 1.165) is 25.1 Å². The van der Waals surface area contributed by atoms with Gasteiger partial charge in [-0.25, -0.2) is 9.97 Å². The lowest BCUT2D eigenvalue weighted by molar-refractivity contribution is 0.0623. The summed E-state index contributed by atoms with van der Waals surface area (Å²) in [5.74, 6) is 1.25. The summed E-state index contributed by atoms with van der Waals surface area (Å²) in [6.07, 6.45) is 2.71. The molecule has 0 aliphatic carbocycles. The molecule has 1 aromatic carbocycles. The number of rotatable bonds is 3. The number of piperidine rings is 1. The van der Waals surface area contributed by atoms with Gasteiger partial charge < -0.3 is 10.2 Å². The van der Waals surface area contributed by atoms with Crippen LogP contribution in [0.2, 0.25) is 0 Å². The lowest BCUT2D eigenvalue weighted by Crippen LogP contribution is -2.42. The topological polar surface area (TPSA) is 75.2 Å². The van der Waals surface area contributed by atoms with Crippen molar-refractivity contribution in [1.29, 1.82) is 0 Å². The molecule has 0 bridgehead atoms. The number of hydrogen-bond acceptors (Lipinski definition) is 4. The number of amides is 2. The summed E-state index contributed by atoms with van der Waals surface area (Å²) in [4.78, 5) is 35.5. The molecule has 1 aliphatic heterocycles. The Morgan fingerprint density at radius 1 is 1.11 bits per heavy atom. The van der Waals surface area contributed by atoms with Crippen LogP contribution >= 0.6 is 0 Å². The predicted octanol–water partition coefficient (Wildman–Crippen LogP) is 3.46. The van der Waals surface area contributed by atoms with Crippen molar-refractivity contribution in [2.45, 2.75) is 34.1 Å². The highest BCUT2D eigenvalue weighted by Gasteiger charge is 2.26. The summed E-state index contributed by atoms with van der Waals surface area (Å²) < 4.78 is 0. The first-order valence-corrected chi connectivity index (χ1v) is 9.34. The molecule has 1 fully saturated rings. The van der Waals surface area contributed by atoms with Crippen LogP contribution in [0.15, 0.2) is 30.5 Å². The number of nitrogens with one attached hydrogen (secondary N) is 1. The van der Waals surface area contributed by atoms with Gasteiger partial charge in [-0.3, -0.25) is 9.59 Å². The maximum absolute atomic E-state index is 12.9. The van der Waals surface area contributed by atoms with E-state index < -0.39 is 0 Å². The minimum atomic E-state index is -0.312. The van der Waals surface area contributed by atoms with Crippen molar-refractivity contribution in [3.63, 3.8) is 0 Å². The van der Waals surface area contributed by atoms with Gasteiger partial charge in [0.05, 0.1) is 0 Å². The second-order valence-electron chi connectivity index (χ2n) is 7.63. The molecule has 1 aliphatic rings. The number of likely N-dealkylation sites (tertiary alicyclic amines) is 1. The zero-order valence-electron chi connectivity index (χ0n) is 16.3. The summed E-state index contributed by atoms with van der Waals surface area (Å²) >= 11 is 0. The number of aryl methyl sites for hydroxylation is 2. The molecule has 2 amide bonds. The van der Waals surface area contributed by atoms with Crippen LogP contribution in [0.5, 0.6) is 0 Å². The fraction of sp³-hybridized carbons (Fsp3) is 0.429. The Bertz CT molecular complexity index is 855. The minimum absolute atomic E-state index is 0.0155. The van der Waals surface area contributed by atoms with E-state index in [1.165, 1.54) is 0 Å². The number of aromatic nitrogens is 2. The van der Waals surface area contributed by atoms with Crippen LogP contribution in [-0.2, 0) is 0 Å². The zero-order chi connectivity index (χ0) is 19.6. The van der Waals surface area contributed by atoms with Crippen molar-refractivity contribution in [1.82, 2.24) is 14.9 Å². The lowest BCUT2D eigenvalue weighted by Gasteiger charge is -2.35. The van der Waals surface area contributed by atoms with E-state index >= 15 is 0 Å². The van der Waals surface area contributed by atoms with E-state index in [4.69, 9.17) is 0 Å². The third-order valence-corrected chi connectivity index (χ3v) is 4.90. The molecule has 6 nitrogen and oxygen atoms in total. The molecule has 1 N–H and O–H groups in total. The van der Waals surface area contributed by atoms with E-state index in [-0.39, 0.29) is 11.8 Å². The average Bonchev–Trinajstić information content (AvgIpc) is 2.62. The van der Waals surface area contributed by atoms with Crippen molar-refractivity contribution in [2.24, 2.45) is 11.8 Å². The Morgan fingerprint density at radius 2 is 1.81 bits per heavy atom. The van der Waals surface area contributed by atoms with Gasteiger partial charge in [0.2, 0.25) is 0 Å². The standard InChI is InChI=1S/C21H26N4O2/c1-13-9-14(2)12-25(11-13)21(27)17-6-5-15(3)19(10-17)24-20(26)18-7-8-22-16(4)23-18/h5-8,10,13-14H,9,11-12H2,1-4H3,(H,24,26)/t13-,14-/m0/s1. The molecule has 27 heavy (non-hydrogen) atoms. The second kappa shape index (κ2) is 7.86. The monoisotopic (exact) mass is 366 g/mol. The largest absolute Gasteiger partial charge is 0.338 e. The first-order chi connectivity index (χ1) is 12.8. The quantitative estimate of drug-likeness (QED) is 0.903. The first-order valence-electron chi connectivity index (χ1n) is 9.34. The Labute approximate surface area is 160 Å². The Hall–Kier alpha value is -2.76. The van der Waals surface area contributed by atoms with Crippen LogP contribution in [0.4, 0.5) is 5.69 Å². The maximum atomic E-state index is 12.9. The highest BCUT2D eigenvalue weighted by atomic mass is 16.2. The van der Waals surface area contributed by atoms with Gasteiger partial charge in [-0.05, 0) is 55.9 Å². The molecular weight excluding hydrogens is 340 g/mol. The molecule has 0 unspecified atom stereocenters. The molecule has 2 heterocycles. The first kappa shape index (κ1) is 19.0. The Morgan fingerprint density at radius 3 is 2.48 bits per heavy atom. The van der Waals surface area contributed by atoms with Crippen LogP contribution in [-0.4, -0.2) is 39.8 Å². The van der Waals surface area contributed by atoms with Crippen LogP contribution in [0.3, 0.4) is 0 Å². The number of hydrogen-bond donors (Lipinski definition) is 1. The van der Waals surface area contributed by atoms with Crippen LogP contribution in [0, 0.1) is 25.7 Å². The van der Waals surface area contributed by atoms with Crippen molar-refractivity contribution in [3.8, 4) is 0 Å². The molecule has 2 aromatic rings. The number of carbonyl (C=O) groups is 2. The van der Waals surface area contributed by atoms with Gasteiger partial charge in [0, 0.05) is 30.5 Å². The predicted molar refractivity (Wildman–Crippen MR) is 105 cm³/mol. The third kappa shape index (κ3) is 4.51. The smallest absolute Gasteiger partial charge is 0.274 e. The number of carbonyl (C=O) groups excluding carboxylic acids is 2. The molecule has 3 rings (SSSR count). The molecule has 0 radical (unpaired) electrons. The van der Waals surface area contributed by atoms with Crippen molar-refractivity contribution in [3.05, 3.63) is 53.1 Å². The summed E-state index contributed by atoms with van der Waals surface area (Å²) in [7, 11) is 0. The normalized spacial score (nSPS) is 19.6. The fourth-order valence-electron chi connectivity index (χ4n) is 3.67. The highest BCUT2D eigenvalue weighted by Crippen LogP contribution is 2.24. The number of nitrogens with zero attached hydrogens (tertiary/aromatic N) is 3. The van der Waals surface area contributed by atoms with E-state index in [0.29, 0.717) is 34.6 Å². The number of benzene rings is 1. The van der Waals surface area contributed by atoms with Crippen molar-refractivity contribution < 1.29 is 9.59 Å². The molecule has 0 spiro atoms. The van der Waals surface area contributed by atoms with E-state index in [9.17, 15) is 9.59 Å². The summed E-state index contributed by atoms with van der Waals surface area (Å²) in [6, 6.07) is 7.02. The molecule has 1 saturated heterocycles. The fourth-order valence-corrected chi connectivity index (χ4v) is 3.67. The third-order valence-electron chi connectivity index (χ3n) is 4.90. The van der Waals surface area contributed by atoms with Gasteiger partial charge in [0.15, 0.2) is 0 Å². The Balaban J connectivity index is 1.79. The second-order valence-corrected chi connectivity index (χ2v) is 7.63. The van der Waals surface area contributed by atoms with Gasteiger partial charge in [-0.2, -0.15) is 0 Å². The van der Waals surface area contributed by atoms with E-state index in [1.54, 1.807) is 25.3 Å². The average molecular weight is 366 g/mol. The van der Waals surface area contributed by atoms with Crippen LogP contribution in [0.1, 0.15) is 52.5 Å². The zero-order valence-corrected chi connectivity index (χ0v) is 16.3. The molecule has 0 saturated carbocycles. The van der Waals surface area contributed by atoms with Crippen LogP contribution in [0.25, 0.3) is 0 Å². The van der Waals surface area contributed by atoms with Gasteiger partial charge in [0.1, 0.15) is 11.5 Å². The van der Waals surface area contributed by atoms with Gasteiger partial charge >= 0.3 is 0 Å². The van der Waals surface area contributed by atoms with E-state index in [2.05, 4.69) is 29.1 Å². The van der Waals surface area contributed by atoms with Crippen molar-refractivity contribution >= 4 is 17.5 Å². The van der Waals surface area contributed by atoms with E-state index in [1.807, 2.05) is 24.0 Å².